The van der Waals surface area contributed by atoms with Crippen LogP contribution in [0.3, 0.4) is 0 Å². The molecule has 0 atom stereocenters. The highest BCUT2D eigenvalue weighted by Gasteiger charge is 2.21. The molecule has 0 spiro atoms. The number of hydrogen-bond donors (Lipinski definition) is 2. The molecule has 7 nitrogen and oxygen atoms in total. The van der Waals surface area contributed by atoms with Crippen LogP contribution in [0.15, 0.2) is 11.0 Å². The number of carbonyl (C=O) groups is 1. The Morgan fingerprint density at radius 2 is 2.09 bits per heavy atom. The maximum absolute atomic E-state index is 11.8. The van der Waals surface area contributed by atoms with Crippen LogP contribution in [-0.2, 0) is 4.79 Å². The fraction of sp³-hybridized carbons (Fsp3) is 0.643. The van der Waals surface area contributed by atoms with Crippen molar-refractivity contribution in [3.8, 4) is 0 Å². The van der Waals surface area contributed by atoms with Gasteiger partial charge in [-0.25, -0.2) is 5.10 Å². The van der Waals surface area contributed by atoms with Gasteiger partial charge < -0.3 is 10.2 Å². The van der Waals surface area contributed by atoms with Crippen LogP contribution in [0.5, 0.6) is 0 Å². The molecule has 0 saturated carbocycles. The number of nitrogens with one attached hydrogen (secondary N) is 2. The van der Waals surface area contributed by atoms with E-state index in [-0.39, 0.29) is 16.5 Å². The summed E-state index contributed by atoms with van der Waals surface area (Å²) in [5.41, 5.74) is 0.268. The van der Waals surface area contributed by atoms with Gasteiger partial charge in [-0.15, -0.1) is 0 Å². The van der Waals surface area contributed by atoms with Crippen molar-refractivity contribution in [2.24, 2.45) is 5.92 Å². The maximum Gasteiger partial charge on any atom is 0.285 e. The van der Waals surface area contributed by atoms with Gasteiger partial charge >= 0.3 is 0 Å². The quantitative estimate of drug-likeness (QED) is 0.814. The van der Waals surface area contributed by atoms with Crippen molar-refractivity contribution in [2.45, 2.75) is 13.8 Å². The monoisotopic (exact) mass is 327 g/mol. The van der Waals surface area contributed by atoms with Gasteiger partial charge in [-0.2, -0.15) is 5.10 Å². The lowest BCUT2D eigenvalue weighted by molar-refractivity contribution is -0.122. The number of aromatic amines is 1. The summed E-state index contributed by atoms with van der Waals surface area (Å²) < 4.78 is 0. The van der Waals surface area contributed by atoms with Gasteiger partial charge in [-0.1, -0.05) is 25.4 Å². The normalized spacial score (nSPS) is 16.1. The Bertz CT molecular complexity index is 567. The molecular formula is C14H22ClN5O2. The molecule has 1 fully saturated rings. The van der Waals surface area contributed by atoms with Gasteiger partial charge in [0.05, 0.1) is 18.4 Å². The zero-order valence-electron chi connectivity index (χ0n) is 12.9. The van der Waals surface area contributed by atoms with Crippen LogP contribution in [0.2, 0.25) is 5.02 Å². The summed E-state index contributed by atoms with van der Waals surface area (Å²) in [7, 11) is 0. The lowest BCUT2D eigenvalue weighted by atomic mass is 10.2. The number of carbonyl (C=O) groups excluding carboxylic acids is 1. The molecule has 1 aliphatic rings. The van der Waals surface area contributed by atoms with Crippen LogP contribution in [0.25, 0.3) is 0 Å². The highest BCUT2D eigenvalue weighted by Crippen LogP contribution is 2.21. The first-order valence-electron chi connectivity index (χ1n) is 7.44. The van der Waals surface area contributed by atoms with Gasteiger partial charge in [0.2, 0.25) is 5.91 Å². The summed E-state index contributed by atoms with van der Waals surface area (Å²) in [6.07, 6.45) is 1.56. The number of H-pyrrole nitrogens is 1. The van der Waals surface area contributed by atoms with E-state index in [1.807, 2.05) is 4.90 Å². The summed E-state index contributed by atoms with van der Waals surface area (Å²) in [5, 5.41) is 9.18. The number of anilines is 1. The molecule has 1 aromatic rings. The van der Waals surface area contributed by atoms with Crippen LogP contribution in [0, 0.1) is 5.92 Å². The van der Waals surface area contributed by atoms with E-state index in [9.17, 15) is 9.59 Å². The van der Waals surface area contributed by atoms with Gasteiger partial charge in [-0.3, -0.25) is 14.5 Å². The molecule has 8 heteroatoms. The number of amides is 1. The van der Waals surface area contributed by atoms with Gasteiger partial charge in [0, 0.05) is 32.7 Å². The Morgan fingerprint density at radius 1 is 1.41 bits per heavy atom. The van der Waals surface area contributed by atoms with Crippen LogP contribution < -0.4 is 15.8 Å². The second kappa shape index (κ2) is 7.60. The SMILES string of the molecule is CC(C)CNC(=O)CN1CCN(c2cn[nH]c(=O)c2Cl)CC1. The molecule has 1 aromatic heterocycles. The number of hydrogen-bond acceptors (Lipinski definition) is 5. The largest absolute Gasteiger partial charge is 0.366 e. The van der Waals surface area contributed by atoms with E-state index in [1.54, 1.807) is 6.20 Å². The van der Waals surface area contributed by atoms with Crippen molar-refractivity contribution in [3.05, 3.63) is 21.6 Å². The van der Waals surface area contributed by atoms with Crippen molar-refractivity contribution in [1.29, 1.82) is 0 Å². The zero-order valence-corrected chi connectivity index (χ0v) is 13.7. The van der Waals surface area contributed by atoms with Gasteiger partial charge in [-0.05, 0) is 5.92 Å². The summed E-state index contributed by atoms with van der Waals surface area (Å²) in [5.74, 6) is 0.504. The van der Waals surface area contributed by atoms with Crippen LogP contribution in [-0.4, -0.2) is 60.3 Å². The lowest BCUT2D eigenvalue weighted by Gasteiger charge is -2.35. The van der Waals surface area contributed by atoms with E-state index >= 15 is 0 Å². The number of nitrogens with zero attached hydrogens (tertiary/aromatic N) is 3. The fourth-order valence-corrected chi connectivity index (χ4v) is 2.53. The molecule has 0 aliphatic carbocycles. The van der Waals surface area contributed by atoms with E-state index in [2.05, 4.69) is 34.3 Å². The van der Waals surface area contributed by atoms with Crippen molar-refractivity contribution in [2.75, 3.05) is 44.2 Å². The molecule has 122 valence electrons. The summed E-state index contributed by atoms with van der Waals surface area (Å²) in [6.45, 7) is 8.16. The van der Waals surface area contributed by atoms with E-state index in [1.165, 1.54) is 0 Å². The molecule has 22 heavy (non-hydrogen) atoms. The molecule has 0 aromatic carbocycles. The Morgan fingerprint density at radius 3 is 2.73 bits per heavy atom. The Labute approximate surface area is 134 Å². The molecule has 0 unspecified atom stereocenters. The Kier molecular flexibility index (Phi) is 5.79. The van der Waals surface area contributed by atoms with E-state index in [4.69, 9.17) is 11.6 Å². The summed E-state index contributed by atoms with van der Waals surface area (Å²) in [6, 6.07) is 0. The van der Waals surface area contributed by atoms with Crippen molar-refractivity contribution < 1.29 is 4.79 Å². The van der Waals surface area contributed by atoms with E-state index in [0.29, 0.717) is 37.8 Å². The van der Waals surface area contributed by atoms with Crippen LogP contribution in [0.1, 0.15) is 13.8 Å². The van der Waals surface area contributed by atoms with Crippen molar-refractivity contribution >= 4 is 23.2 Å². The number of aromatic nitrogens is 2. The maximum atomic E-state index is 11.8. The second-order valence-corrected chi connectivity index (χ2v) is 6.24. The molecule has 2 N–H and O–H groups in total. The summed E-state index contributed by atoms with van der Waals surface area (Å²) in [4.78, 5) is 27.4. The first-order valence-corrected chi connectivity index (χ1v) is 7.82. The number of halogens is 1. The topological polar surface area (TPSA) is 81.3 Å². The smallest absolute Gasteiger partial charge is 0.285 e. The minimum Gasteiger partial charge on any atom is -0.366 e. The first kappa shape index (κ1) is 16.8. The zero-order chi connectivity index (χ0) is 16.1. The minimum absolute atomic E-state index is 0.0537. The Balaban J connectivity index is 1.84. The molecule has 1 saturated heterocycles. The average molecular weight is 328 g/mol. The van der Waals surface area contributed by atoms with Gasteiger partial charge in [0.15, 0.2) is 0 Å². The summed E-state index contributed by atoms with van der Waals surface area (Å²) >= 11 is 6.01. The number of rotatable bonds is 5. The van der Waals surface area contributed by atoms with Gasteiger partial charge in [0.25, 0.3) is 5.56 Å². The third-order valence-corrected chi connectivity index (χ3v) is 3.93. The highest BCUT2D eigenvalue weighted by atomic mass is 35.5. The van der Waals surface area contributed by atoms with Gasteiger partial charge in [0.1, 0.15) is 5.02 Å². The lowest BCUT2D eigenvalue weighted by Crippen LogP contribution is -2.50. The highest BCUT2D eigenvalue weighted by molar-refractivity contribution is 6.32. The molecular weight excluding hydrogens is 306 g/mol. The Hall–Kier alpha value is -1.60. The minimum atomic E-state index is -0.380. The van der Waals surface area contributed by atoms with Crippen LogP contribution in [0.4, 0.5) is 5.69 Å². The second-order valence-electron chi connectivity index (χ2n) is 5.86. The van der Waals surface area contributed by atoms with Crippen molar-refractivity contribution in [3.63, 3.8) is 0 Å². The molecule has 1 aliphatic heterocycles. The third-order valence-electron chi connectivity index (χ3n) is 3.56. The molecule has 0 bridgehead atoms. The van der Waals surface area contributed by atoms with E-state index < -0.39 is 0 Å². The molecule has 0 radical (unpaired) electrons. The standard InChI is InChI=1S/C14H22ClN5O2/c1-10(2)7-16-12(21)9-19-3-5-20(6-4-19)11-8-17-18-14(22)13(11)15/h8,10H,3-7,9H2,1-2H3,(H,16,21)(H,18,22). The molecule has 1 amide bonds. The first-order chi connectivity index (χ1) is 10.5. The average Bonchev–Trinajstić information content (AvgIpc) is 2.49. The number of piperazine rings is 1. The third kappa shape index (κ3) is 4.45. The van der Waals surface area contributed by atoms with Crippen molar-refractivity contribution in [1.82, 2.24) is 20.4 Å². The predicted molar refractivity (Wildman–Crippen MR) is 86.4 cm³/mol. The molecule has 2 rings (SSSR count). The predicted octanol–water partition coefficient (Wildman–Crippen LogP) is 0.318. The van der Waals surface area contributed by atoms with E-state index in [0.717, 1.165) is 13.1 Å². The van der Waals surface area contributed by atoms with Crippen LogP contribution >= 0.6 is 11.6 Å². The fourth-order valence-electron chi connectivity index (χ4n) is 2.32. The molecule has 2 heterocycles.